The van der Waals surface area contributed by atoms with E-state index in [0.717, 1.165) is 0 Å². The molecule has 0 spiro atoms. The van der Waals surface area contributed by atoms with Crippen molar-refractivity contribution in [1.82, 2.24) is 0 Å². The van der Waals surface area contributed by atoms with Crippen LogP contribution in [-0.2, 0) is 18.9 Å². The van der Waals surface area contributed by atoms with Crippen molar-refractivity contribution in [3.05, 3.63) is 23.3 Å². The van der Waals surface area contributed by atoms with Gasteiger partial charge in [0.2, 0.25) is 11.6 Å². The van der Waals surface area contributed by atoms with Gasteiger partial charge in [-0.15, -0.1) is 0 Å². The highest BCUT2D eigenvalue weighted by molar-refractivity contribution is 7.94. The zero-order valence-corrected chi connectivity index (χ0v) is 16.4. The normalized spacial score (nSPS) is 11.6. The molecule has 0 fully saturated rings. The molecule has 0 bridgehead atoms. The number of rotatable bonds is 11. The maximum Gasteiger partial charge on any atom is 0.306 e. The summed E-state index contributed by atoms with van der Waals surface area (Å²) in [4.78, 5) is 10.3. The molecule has 0 heterocycles. The van der Waals surface area contributed by atoms with Gasteiger partial charge in [-0.05, 0) is 33.6 Å². The lowest BCUT2D eigenvalue weighted by Crippen LogP contribution is -2.23. The van der Waals surface area contributed by atoms with Gasteiger partial charge in [0.25, 0.3) is 0 Å². The molecule has 6 nitrogen and oxygen atoms in total. The average Bonchev–Trinajstić information content (AvgIpc) is 2.60. The third kappa shape index (κ3) is 7.82. The largest absolute Gasteiger partial charge is 0.691 e. The first-order valence-corrected chi connectivity index (χ1v) is 9.16. The van der Waals surface area contributed by atoms with Crippen molar-refractivity contribution < 1.29 is 46.5 Å². The Bertz CT molecular complexity index is 637. The standard InChI is InChI=1S/C17H22F4O6S/c1-17(2,3)25-10(22)8-6-4-5-7-9-24-15-11(18)13(20)16(28-27-26-23)14(21)12(15)19/h23H,4-9H2,1-3H3/p-1. The summed E-state index contributed by atoms with van der Waals surface area (Å²) >= 11 is -0.304. The van der Waals surface area contributed by atoms with Crippen LogP contribution in [0.25, 0.3) is 0 Å². The van der Waals surface area contributed by atoms with E-state index < -0.39 is 39.5 Å². The Morgan fingerprint density at radius 1 is 0.964 bits per heavy atom. The SMILES string of the molecule is CC(C)(C)OC(=O)CCCCCCOc1c(F)c(F)c(SOO[O-])c(F)c1F. The minimum absolute atomic E-state index is 0.189. The Balaban J connectivity index is 2.44. The molecule has 28 heavy (non-hydrogen) atoms. The molecular formula is C17H21F4O6S-. The molecule has 0 amide bonds. The summed E-state index contributed by atoms with van der Waals surface area (Å²) in [5.74, 6) is -8.55. The number of carbonyl (C=O) groups excluding carboxylic acids is 1. The fourth-order valence-corrected chi connectivity index (χ4v) is 2.55. The van der Waals surface area contributed by atoms with E-state index in [1.165, 1.54) is 0 Å². The van der Waals surface area contributed by atoms with E-state index in [4.69, 9.17) is 9.47 Å². The molecule has 160 valence electrons. The van der Waals surface area contributed by atoms with E-state index >= 15 is 0 Å². The molecule has 0 unspecified atom stereocenters. The second kappa shape index (κ2) is 11.4. The number of hydrogen-bond donors (Lipinski definition) is 0. The summed E-state index contributed by atoms with van der Waals surface area (Å²) in [6.07, 6.45) is 2.36. The first kappa shape index (κ1) is 24.5. The molecule has 0 aliphatic heterocycles. The van der Waals surface area contributed by atoms with Crippen molar-refractivity contribution >= 4 is 18.0 Å². The first-order chi connectivity index (χ1) is 13.1. The molecule has 0 saturated carbocycles. The van der Waals surface area contributed by atoms with Crippen molar-refractivity contribution in [1.29, 1.82) is 0 Å². The fraction of sp³-hybridized carbons (Fsp3) is 0.588. The van der Waals surface area contributed by atoms with Crippen LogP contribution in [0.2, 0.25) is 0 Å². The van der Waals surface area contributed by atoms with E-state index in [0.29, 0.717) is 25.7 Å². The molecule has 0 radical (unpaired) electrons. The fourth-order valence-electron chi connectivity index (χ4n) is 2.13. The number of carbonyl (C=O) groups is 1. The van der Waals surface area contributed by atoms with E-state index in [2.05, 4.69) is 9.37 Å². The highest BCUT2D eigenvalue weighted by Crippen LogP contribution is 2.35. The van der Waals surface area contributed by atoms with Crippen molar-refractivity contribution in [3.63, 3.8) is 0 Å². The summed E-state index contributed by atoms with van der Waals surface area (Å²) in [6, 6.07) is 0. The first-order valence-electron chi connectivity index (χ1n) is 8.42. The Hall–Kier alpha value is -1.56. The number of unbranched alkanes of at least 4 members (excludes halogenated alkanes) is 3. The van der Waals surface area contributed by atoms with Crippen molar-refractivity contribution in [2.24, 2.45) is 0 Å². The van der Waals surface area contributed by atoms with Gasteiger partial charge in [0, 0.05) is 6.42 Å². The van der Waals surface area contributed by atoms with Crippen LogP contribution in [0.3, 0.4) is 0 Å². The Kier molecular flexibility index (Phi) is 10.0. The predicted octanol–water partition coefficient (Wildman–Crippen LogP) is 4.14. The van der Waals surface area contributed by atoms with Crippen LogP contribution < -0.4 is 9.99 Å². The molecule has 1 aromatic carbocycles. The van der Waals surface area contributed by atoms with Gasteiger partial charge in [-0.2, -0.15) is 13.1 Å². The monoisotopic (exact) mass is 429 g/mol. The van der Waals surface area contributed by atoms with Gasteiger partial charge >= 0.3 is 5.97 Å². The van der Waals surface area contributed by atoms with Gasteiger partial charge in [0.1, 0.15) is 10.5 Å². The number of hydrogen-bond acceptors (Lipinski definition) is 7. The van der Waals surface area contributed by atoms with Crippen LogP contribution in [-0.4, -0.2) is 18.2 Å². The molecule has 1 aromatic rings. The van der Waals surface area contributed by atoms with E-state index in [1.807, 2.05) is 0 Å². The zero-order chi connectivity index (χ0) is 21.3. The van der Waals surface area contributed by atoms with Gasteiger partial charge < -0.3 is 14.7 Å². The summed E-state index contributed by atoms with van der Waals surface area (Å²) in [5, 5.41) is 12.6. The van der Waals surface area contributed by atoms with Crippen molar-refractivity contribution in [3.8, 4) is 5.75 Å². The van der Waals surface area contributed by atoms with E-state index in [1.54, 1.807) is 20.8 Å². The molecular weight excluding hydrogens is 408 g/mol. The van der Waals surface area contributed by atoms with E-state index in [9.17, 15) is 27.6 Å². The van der Waals surface area contributed by atoms with Gasteiger partial charge in [-0.3, -0.25) is 9.83 Å². The van der Waals surface area contributed by atoms with Gasteiger partial charge in [0.05, 0.1) is 18.6 Å². The summed E-state index contributed by atoms with van der Waals surface area (Å²) < 4.78 is 68.8. The molecule has 0 saturated heterocycles. The number of ether oxygens (including phenoxy) is 2. The molecule has 0 aromatic heterocycles. The van der Waals surface area contributed by atoms with Crippen LogP contribution in [0, 0.1) is 23.3 Å². The van der Waals surface area contributed by atoms with Crippen molar-refractivity contribution in [2.75, 3.05) is 6.61 Å². The minimum atomic E-state index is -1.77. The van der Waals surface area contributed by atoms with Gasteiger partial charge in [0.15, 0.2) is 17.4 Å². The van der Waals surface area contributed by atoms with Gasteiger partial charge in [-0.1, -0.05) is 12.8 Å². The van der Waals surface area contributed by atoms with Crippen LogP contribution in [0.15, 0.2) is 4.90 Å². The topological polar surface area (TPSA) is 77.1 Å². The minimum Gasteiger partial charge on any atom is -0.691 e. The predicted molar refractivity (Wildman–Crippen MR) is 88.7 cm³/mol. The molecule has 0 aliphatic rings. The quantitative estimate of drug-likeness (QED) is 0.0995. The summed E-state index contributed by atoms with van der Waals surface area (Å²) in [7, 11) is 0. The zero-order valence-electron chi connectivity index (χ0n) is 15.6. The van der Waals surface area contributed by atoms with Crippen LogP contribution >= 0.6 is 12.0 Å². The highest BCUT2D eigenvalue weighted by Gasteiger charge is 2.27. The maximum atomic E-state index is 13.8. The summed E-state index contributed by atoms with van der Waals surface area (Å²) in [5.41, 5.74) is -0.550. The Morgan fingerprint density at radius 3 is 2.07 bits per heavy atom. The second-order valence-electron chi connectivity index (χ2n) is 6.73. The Morgan fingerprint density at radius 2 is 1.54 bits per heavy atom. The van der Waals surface area contributed by atoms with Crippen LogP contribution in [0.5, 0.6) is 5.75 Å². The van der Waals surface area contributed by atoms with Crippen LogP contribution in [0.4, 0.5) is 17.6 Å². The maximum absolute atomic E-state index is 13.8. The van der Waals surface area contributed by atoms with Crippen molar-refractivity contribution in [2.45, 2.75) is 63.4 Å². The second-order valence-corrected chi connectivity index (χ2v) is 7.44. The average molecular weight is 429 g/mol. The molecule has 0 atom stereocenters. The number of benzene rings is 1. The lowest BCUT2D eigenvalue weighted by Gasteiger charge is -2.19. The van der Waals surface area contributed by atoms with Gasteiger partial charge in [-0.25, -0.2) is 8.78 Å². The molecule has 11 heteroatoms. The molecule has 0 N–H and O–H groups in total. The third-order valence-electron chi connectivity index (χ3n) is 3.27. The molecule has 1 rings (SSSR count). The summed E-state index contributed by atoms with van der Waals surface area (Å²) in [6.45, 7) is 5.11. The van der Waals surface area contributed by atoms with Crippen LogP contribution in [0.1, 0.15) is 52.9 Å². The van der Waals surface area contributed by atoms with E-state index in [-0.39, 0.29) is 31.0 Å². The number of halogens is 4. The smallest absolute Gasteiger partial charge is 0.306 e. The lowest BCUT2D eigenvalue weighted by atomic mass is 10.1. The lowest BCUT2D eigenvalue weighted by molar-refractivity contribution is -0.777. The highest BCUT2D eigenvalue weighted by atomic mass is 32.2. The Labute approximate surface area is 164 Å². The molecule has 0 aliphatic carbocycles. The number of esters is 1. The third-order valence-corrected chi connectivity index (χ3v) is 3.92.